The summed E-state index contributed by atoms with van der Waals surface area (Å²) in [5, 5.41) is 8.44. The van der Waals surface area contributed by atoms with Crippen LogP contribution < -0.4 is 20.5 Å². The van der Waals surface area contributed by atoms with Gasteiger partial charge in [-0.2, -0.15) is 5.10 Å². The lowest BCUT2D eigenvalue weighted by atomic mass is 9.93. The Morgan fingerprint density at radius 1 is 1.16 bits per heavy atom. The molecule has 0 spiro atoms. The Morgan fingerprint density at radius 2 is 1.91 bits per heavy atom. The molecule has 13 heteroatoms. The Labute approximate surface area is 258 Å². The van der Waals surface area contributed by atoms with Crippen LogP contribution in [-0.4, -0.2) is 49.6 Å². The number of carbonyl (C=O) groups excluding carboxylic acids is 1. The van der Waals surface area contributed by atoms with Crippen LogP contribution in [0.2, 0.25) is 5.15 Å². The molecule has 1 saturated carbocycles. The highest BCUT2D eigenvalue weighted by molar-refractivity contribution is 7.97. The number of hydrogen-bond acceptors (Lipinski definition) is 8. The number of rotatable bonds is 8. The number of amides is 1. The zero-order valence-electron chi connectivity index (χ0n) is 24.5. The van der Waals surface area contributed by atoms with E-state index >= 15 is 0 Å². The molecular weight excluding hydrogens is 591 g/mol. The first-order valence-electron chi connectivity index (χ1n) is 14.4. The third-order valence-corrected chi connectivity index (χ3v) is 8.88. The van der Waals surface area contributed by atoms with Crippen LogP contribution in [0.3, 0.4) is 0 Å². The van der Waals surface area contributed by atoms with Crippen molar-refractivity contribution in [1.29, 1.82) is 0 Å². The van der Waals surface area contributed by atoms with E-state index in [1.165, 1.54) is 18.1 Å². The number of fused-ring (bicyclic) bond motifs is 1. The van der Waals surface area contributed by atoms with Gasteiger partial charge in [-0.05, 0) is 63.3 Å². The van der Waals surface area contributed by atoms with Crippen molar-refractivity contribution >= 4 is 52.0 Å². The molecular formula is C30H34ClFN8O2S. The van der Waals surface area contributed by atoms with Crippen LogP contribution in [-0.2, 0) is 7.05 Å². The molecule has 1 aromatic carbocycles. The molecule has 1 atom stereocenters. The molecule has 1 saturated heterocycles. The highest BCUT2D eigenvalue weighted by Crippen LogP contribution is 2.40. The Bertz CT molecular complexity index is 1760. The minimum atomic E-state index is -0.364. The summed E-state index contributed by atoms with van der Waals surface area (Å²) in [6.07, 6.45) is 6.67. The van der Waals surface area contributed by atoms with E-state index in [0.29, 0.717) is 47.4 Å². The first-order chi connectivity index (χ1) is 20.7. The van der Waals surface area contributed by atoms with Gasteiger partial charge in [0.05, 0.1) is 40.6 Å². The number of aromatic nitrogens is 5. The van der Waals surface area contributed by atoms with Crippen LogP contribution >= 0.6 is 23.5 Å². The molecule has 10 nitrogen and oxygen atoms in total. The van der Waals surface area contributed by atoms with Crippen molar-refractivity contribution in [2.45, 2.75) is 57.5 Å². The van der Waals surface area contributed by atoms with E-state index in [9.17, 15) is 14.0 Å². The summed E-state index contributed by atoms with van der Waals surface area (Å²) in [6, 6.07) is 7.21. The lowest BCUT2D eigenvalue weighted by molar-refractivity contribution is 0.0980. The number of pyridine rings is 1. The molecule has 4 aromatic rings. The van der Waals surface area contributed by atoms with Crippen LogP contribution in [0.5, 0.6) is 0 Å². The minimum absolute atomic E-state index is 0.0738. The van der Waals surface area contributed by atoms with E-state index in [0.717, 1.165) is 36.8 Å². The zero-order chi connectivity index (χ0) is 30.4. The minimum Gasteiger partial charge on any atom is -0.377 e. The van der Waals surface area contributed by atoms with Gasteiger partial charge in [-0.25, -0.2) is 14.4 Å². The lowest BCUT2D eigenvalue weighted by Gasteiger charge is -2.34. The zero-order valence-corrected chi connectivity index (χ0v) is 26.1. The maximum Gasteiger partial charge on any atom is 0.281 e. The average molecular weight is 625 g/mol. The summed E-state index contributed by atoms with van der Waals surface area (Å²) in [4.78, 5) is 37.8. The van der Waals surface area contributed by atoms with Crippen molar-refractivity contribution in [1.82, 2.24) is 29.0 Å². The van der Waals surface area contributed by atoms with Gasteiger partial charge in [-0.1, -0.05) is 29.6 Å². The van der Waals surface area contributed by atoms with Crippen molar-refractivity contribution in [2.24, 2.45) is 7.05 Å². The fourth-order valence-electron chi connectivity index (χ4n) is 6.03. The number of halogens is 2. The maximum absolute atomic E-state index is 14.7. The van der Waals surface area contributed by atoms with Gasteiger partial charge in [0, 0.05) is 37.9 Å². The fraction of sp³-hybridized carbons (Fsp3) is 0.433. The van der Waals surface area contributed by atoms with Crippen LogP contribution in [0, 0.1) is 12.7 Å². The molecule has 226 valence electrons. The standard InChI is InChI=1S/C30H34ClFN8O2S/c1-16-13-20(17(2)34-23-7-8-24(31)35-26(23)28(41)37-43-4)25-21(14-16)29(42)38(3)30(36-25)39-11-9-18(10-12-39)27-22(32)15-33-40(27)19-5-6-19/h7-8,13-15,17-19,34H,5-6,9-12H2,1-4H3,(H,37,41). The number of nitrogens with zero attached hydrogens (tertiary/aromatic N) is 6. The second kappa shape index (κ2) is 11.8. The third-order valence-electron chi connectivity index (χ3n) is 8.28. The van der Waals surface area contributed by atoms with Crippen molar-refractivity contribution in [3.63, 3.8) is 0 Å². The molecule has 1 unspecified atom stereocenters. The Kier molecular flexibility index (Phi) is 8.08. The van der Waals surface area contributed by atoms with E-state index in [1.807, 2.05) is 30.7 Å². The molecule has 43 heavy (non-hydrogen) atoms. The highest BCUT2D eigenvalue weighted by Gasteiger charge is 2.34. The predicted molar refractivity (Wildman–Crippen MR) is 169 cm³/mol. The smallest absolute Gasteiger partial charge is 0.281 e. The molecule has 3 aromatic heterocycles. The van der Waals surface area contributed by atoms with Gasteiger partial charge in [-0.3, -0.25) is 23.6 Å². The van der Waals surface area contributed by atoms with E-state index < -0.39 is 0 Å². The van der Waals surface area contributed by atoms with Crippen molar-refractivity contribution in [3.05, 3.63) is 74.3 Å². The summed E-state index contributed by atoms with van der Waals surface area (Å²) in [6.45, 7) is 5.19. The van der Waals surface area contributed by atoms with E-state index in [2.05, 4.69) is 25.0 Å². The number of carbonyl (C=O) groups is 1. The monoisotopic (exact) mass is 624 g/mol. The van der Waals surface area contributed by atoms with Crippen LogP contribution in [0.15, 0.2) is 35.3 Å². The fourth-order valence-corrected chi connectivity index (χ4v) is 6.46. The molecule has 2 fully saturated rings. The van der Waals surface area contributed by atoms with Gasteiger partial charge >= 0.3 is 0 Å². The topological polar surface area (TPSA) is 110 Å². The Balaban J connectivity index is 1.31. The Hall–Kier alpha value is -3.64. The molecule has 4 heterocycles. The second-order valence-corrected chi connectivity index (χ2v) is 12.4. The molecule has 1 aliphatic carbocycles. The number of hydrogen-bond donors (Lipinski definition) is 2. The maximum atomic E-state index is 14.7. The summed E-state index contributed by atoms with van der Waals surface area (Å²) < 4.78 is 20.9. The normalized spacial score (nSPS) is 16.5. The number of nitrogens with one attached hydrogen (secondary N) is 2. The number of piperidine rings is 1. The summed E-state index contributed by atoms with van der Waals surface area (Å²) >= 11 is 7.28. The van der Waals surface area contributed by atoms with E-state index in [-0.39, 0.29) is 40.1 Å². The first-order valence-corrected chi connectivity index (χ1v) is 16.0. The van der Waals surface area contributed by atoms with E-state index in [4.69, 9.17) is 16.6 Å². The summed E-state index contributed by atoms with van der Waals surface area (Å²) in [5.74, 6) is 0.0620. The first kappa shape index (κ1) is 29.4. The molecule has 0 radical (unpaired) electrons. The molecule has 1 aliphatic heterocycles. The van der Waals surface area contributed by atoms with Crippen LogP contribution in [0.25, 0.3) is 10.9 Å². The van der Waals surface area contributed by atoms with Crippen molar-refractivity contribution in [3.8, 4) is 0 Å². The van der Waals surface area contributed by atoms with Gasteiger partial charge in [0.25, 0.3) is 11.5 Å². The number of aryl methyl sites for hydroxylation is 1. The van der Waals surface area contributed by atoms with Gasteiger partial charge in [-0.15, -0.1) is 0 Å². The Morgan fingerprint density at radius 3 is 2.60 bits per heavy atom. The molecule has 2 aliphatic rings. The third kappa shape index (κ3) is 5.70. The lowest BCUT2D eigenvalue weighted by Crippen LogP contribution is -2.38. The molecule has 1 amide bonds. The highest BCUT2D eigenvalue weighted by atomic mass is 35.5. The number of benzene rings is 1. The SMILES string of the molecule is CSNC(=O)c1nc(Cl)ccc1NC(C)c1cc(C)cc2c(=O)n(C)c(N3CCC(c4c(F)cnn4C4CC4)CC3)nc12. The van der Waals surface area contributed by atoms with E-state index in [1.54, 1.807) is 30.0 Å². The van der Waals surface area contributed by atoms with Crippen LogP contribution in [0.1, 0.15) is 77.9 Å². The van der Waals surface area contributed by atoms with Crippen LogP contribution in [0.4, 0.5) is 16.0 Å². The molecule has 2 N–H and O–H groups in total. The average Bonchev–Trinajstić information content (AvgIpc) is 3.77. The largest absolute Gasteiger partial charge is 0.377 e. The summed E-state index contributed by atoms with van der Waals surface area (Å²) in [7, 11) is 1.75. The molecule has 6 rings (SSSR count). The van der Waals surface area contributed by atoms with Crippen molar-refractivity contribution < 1.29 is 9.18 Å². The predicted octanol–water partition coefficient (Wildman–Crippen LogP) is 5.53. The quantitative estimate of drug-likeness (QED) is 0.195. The molecule has 0 bridgehead atoms. The number of anilines is 2. The summed E-state index contributed by atoms with van der Waals surface area (Å²) in [5.41, 5.74) is 3.62. The van der Waals surface area contributed by atoms with Gasteiger partial charge in [0.1, 0.15) is 5.15 Å². The van der Waals surface area contributed by atoms with Gasteiger partial charge < -0.3 is 10.2 Å². The van der Waals surface area contributed by atoms with Gasteiger partial charge in [0.2, 0.25) is 5.95 Å². The van der Waals surface area contributed by atoms with Crippen molar-refractivity contribution in [2.75, 3.05) is 29.6 Å². The van der Waals surface area contributed by atoms with Gasteiger partial charge in [0.15, 0.2) is 11.5 Å². The second-order valence-electron chi connectivity index (χ2n) is 11.4.